The van der Waals surface area contributed by atoms with Gasteiger partial charge in [-0.3, -0.25) is 4.79 Å². The van der Waals surface area contributed by atoms with Gasteiger partial charge in [0, 0.05) is 12.1 Å². The van der Waals surface area contributed by atoms with Crippen LogP contribution in [0.15, 0.2) is 72.8 Å². The van der Waals surface area contributed by atoms with Gasteiger partial charge in [0.1, 0.15) is 5.82 Å². The number of hydrogen-bond donors (Lipinski definition) is 1. The third kappa shape index (κ3) is 4.35. The lowest BCUT2D eigenvalue weighted by Gasteiger charge is -2.07. The number of nitrogens with zero attached hydrogens (tertiary/aromatic N) is 3. The van der Waals surface area contributed by atoms with Crippen LogP contribution < -0.4 is 5.32 Å². The molecule has 8 heteroatoms. The Bertz CT molecular complexity index is 1190. The molecule has 0 aliphatic heterocycles. The number of hydrogen-bond acceptors (Lipinski definition) is 3. The van der Waals surface area contributed by atoms with E-state index in [0.29, 0.717) is 33.7 Å². The molecular weight excluding hydrogens is 426 g/mol. The van der Waals surface area contributed by atoms with E-state index in [9.17, 15) is 9.18 Å². The van der Waals surface area contributed by atoms with Crippen molar-refractivity contribution in [1.29, 1.82) is 0 Å². The second-order valence-corrected chi connectivity index (χ2v) is 7.26. The lowest BCUT2D eigenvalue weighted by molar-refractivity contribution is 0.0940. The molecule has 4 aromatic rings. The topological polar surface area (TPSA) is 59.8 Å². The molecule has 0 saturated carbocycles. The maximum absolute atomic E-state index is 13.4. The molecule has 5 nitrogen and oxygen atoms in total. The SMILES string of the molecule is O=C(NCc1ccccc1)c1nc(-c2ccc(F)cc2)n(-c2ccc(Cl)c(Cl)c2)n1. The molecule has 0 saturated heterocycles. The third-order valence-corrected chi connectivity index (χ3v) is 5.10. The van der Waals surface area contributed by atoms with Gasteiger partial charge in [0.15, 0.2) is 5.82 Å². The Hall–Kier alpha value is -3.22. The minimum atomic E-state index is -0.430. The first-order valence-corrected chi connectivity index (χ1v) is 9.77. The first-order chi connectivity index (χ1) is 14.5. The van der Waals surface area contributed by atoms with Crippen molar-refractivity contribution in [3.8, 4) is 17.1 Å². The van der Waals surface area contributed by atoms with Crippen LogP contribution in [0, 0.1) is 5.82 Å². The van der Waals surface area contributed by atoms with Crippen LogP contribution in [0.5, 0.6) is 0 Å². The zero-order valence-corrected chi connectivity index (χ0v) is 17.0. The Morgan fingerprint density at radius 3 is 2.40 bits per heavy atom. The number of carbonyl (C=O) groups excluding carboxylic acids is 1. The first-order valence-electron chi connectivity index (χ1n) is 9.02. The van der Waals surface area contributed by atoms with Gasteiger partial charge in [0.25, 0.3) is 5.91 Å². The number of halogens is 3. The molecule has 0 fully saturated rings. The maximum atomic E-state index is 13.4. The first kappa shape index (κ1) is 20.1. The van der Waals surface area contributed by atoms with Gasteiger partial charge in [-0.2, -0.15) is 0 Å². The Kier molecular flexibility index (Phi) is 5.79. The van der Waals surface area contributed by atoms with Crippen LogP contribution in [0.1, 0.15) is 16.2 Å². The average molecular weight is 441 g/mol. The fraction of sp³-hybridized carbons (Fsp3) is 0.0455. The quantitative estimate of drug-likeness (QED) is 0.457. The normalized spacial score (nSPS) is 10.8. The predicted octanol–water partition coefficient (Wildman–Crippen LogP) is 5.31. The van der Waals surface area contributed by atoms with Crippen molar-refractivity contribution < 1.29 is 9.18 Å². The Morgan fingerprint density at radius 2 is 1.70 bits per heavy atom. The van der Waals surface area contributed by atoms with Crippen molar-refractivity contribution in [3.63, 3.8) is 0 Å². The maximum Gasteiger partial charge on any atom is 0.291 e. The van der Waals surface area contributed by atoms with Crippen LogP contribution in [0.3, 0.4) is 0 Å². The van der Waals surface area contributed by atoms with Gasteiger partial charge in [-0.05, 0) is 48.0 Å². The summed E-state index contributed by atoms with van der Waals surface area (Å²) in [7, 11) is 0. The van der Waals surface area contributed by atoms with Crippen LogP contribution in [0.4, 0.5) is 4.39 Å². The van der Waals surface area contributed by atoms with E-state index in [1.165, 1.54) is 16.8 Å². The van der Waals surface area contributed by atoms with Crippen molar-refractivity contribution in [3.05, 3.63) is 100 Å². The number of benzene rings is 3. The summed E-state index contributed by atoms with van der Waals surface area (Å²) in [6.07, 6.45) is 0. The molecule has 0 radical (unpaired) electrons. The van der Waals surface area contributed by atoms with Crippen molar-refractivity contribution in [1.82, 2.24) is 20.1 Å². The van der Waals surface area contributed by atoms with Crippen molar-refractivity contribution >= 4 is 29.1 Å². The summed E-state index contributed by atoms with van der Waals surface area (Å²) in [5.41, 5.74) is 2.11. The standard InChI is InChI=1S/C22H15Cl2FN4O/c23-18-11-10-17(12-19(18)24)29-21(15-6-8-16(25)9-7-15)27-20(28-29)22(30)26-13-14-4-2-1-3-5-14/h1-12H,13H2,(H,26,30). The van der Waals surface area contributed by atoms with Gasteiger partial charge >= 0.3 is 0 Å². The summed E-state index contributed by atoms with van der Waals surface area (Å²) >= 11 is 12.2. The van der Waals surface area contributed by atoms with Crippen LogP contribution >= 0.6 is 23.2 Å². The zero-order valence-electron chi connectivity index (χ0n) is 15.5. The summed E-state index contributed by atoms with van der Waals surface area (Å²) in [6, 6.07) is 20.2. The smallest absolute Gasteiger partial charge is 0.291 e. The number of rotatable bonds is 5. The van der Waals surface area contributed by atoms with Gasteiger partial charge < -0.3 is 5.32 Å². The molecule has 3 aromatic carbocycles. The molecule has 0 aliphatic rings. The summed E-state index contributed by atoms with van der Waals surface area (Å²) in [4.78, 5) is 17.1. The van der Waals surface area contributed by atoms with Gasteiger partial charge in [0.2, 0.25) is 5.82 Å². The van der Waals surface area contributed by atoms with Crippen LogP contribution in [-0.2, 0) is 6.54 Å². The Morgan fingerprint density at radius 1 is 0.967 bits per heavy atom. The Labute approximate surface area is 182 Å². The third-order valence-electron chi connectivity index (χ3n) is 4.36. The molecule has 4 rings (SSSR count). The molecule has 0 unspecified atom stereocenters. The van der Waals surface area contributed by atoms with Crippen molar-refractivity contribution in [2.24, 2.45) is 0 Å². The number of carbonyl (C=O) groups is 1. The molecule has 0 bridgehead atoms. The molecule has 0 atom stereocenters. The fourth-order valence-electron chi connectivity index (χ4n) is 2.85. The molecule has 1 N–H and O–H groups in total. The lowest BCUT2D eigenvalue weighted by atomic mass is 10.2. The van der Waals surface area contributed by atoms with E-state index >= 15 is 0 Å². The molecular formula is C22H15Cl2FN4O. The fourth-order valence-corrected chi connectivity index (χ4v) is 3.14. The molecule has 150 valence electrons. The molecule has 1 aromatic heterocycles. The largest absolute Gasteiger partial charge is 0.345 e. The average Bonchev–Trinajstić information content (AvgIpc) is 3.21. The van der Waals surface area contributed by atoms with E-state index in [2.05, 4.69) is 15.4 Å². The van der Waals surface area contributed by atoms with E-state index in [1.807, 2.05) is 30.3 Å². The summed E-state index contributed by atoms with van der Waals surface area (Å²) in [5, 5.41) is 7.90. The summed E-state index contributed by atoms with van der Waals surface area (Å²) in [5.74, 6) is -0.448. The van der Waals surface area contributed by atoms with Crippen molar-refractivity contribution in [2.75, 3.05) is 0 Å². The highest BCUT2D eigenvalue weighted by molar-refractivity contribution is 6.42. The van der Waals surface area contributed by atoms with E-state index in [1.54, 1.807) is 30.3 Å². The predicted molar refractivity (Wildman–Crippen MR) is 114 cm³/mol. The molecule has 1 amide bonds. The molecule has 0 aliphatic carbocycles. The van der Waals surface area contributed by atoms with E-state index < -0.39 is 5.91 Å². The van der Waals surface area contributed by atoms with Gasteiger partial charge in [-0.1, -0.05) is 53.5 Å². The minimum absolute atomic E-state index is 0.0173. The summed E-state index contributed by atoms with van der Waals surface area (Å²) < 4.78 is 14.9. The van der Waals surface area contributed by atoms with Crippen LogP contribution in [0.2, 0.25) is 10.0 Å². The summed E-state index contributed by atoms with van der Waals surface area (Å²) in [6.45, 7) is 0.340. The lowest BCUT2D eigenvalue weighted by Crippen LogP contribution is -2.24. The van der Waals surface area contributed by atoms with E-state index in [4.69, 9.17) is 23.2 Å². The van der Waals surface area contributed by atoms with Crippen LogP contribution in [0.25, 0.3) is 17.1 Å². The molecule has 0 spiro atoms. The highest BCUT2D eigenvalue weighted by Gasteiger charge is 2.19. The van der Waals surface area contributed by atoms with E-state index in [-0.39, 0.29) is 11.6 Å². The van der Waals surface area contributed by atoms with Crippen LogP contribution in [-0.4, -0.2) is 20.7 Å². The molecule has 1 heterocycles. The number of nitrogens with one attached hydrogen (secondary N) is 1. The second-order valence-electron chi connectivity index (χ2n) is 6.44. The van der Waals surface area contributed by atoms with Gasteiger partial charge in [-0.15, -0.1) is 5.10 Å². The molecule has 30 heavy (non-hydrogen) atoms. The van der Waals surface area contributed by atoms with E-state index in [0.717, 1.165) is 5.56 Å². The van der Waals surface area contributed by atoms with Gasteiger partial charge in [0.05, 0.1) is 15.7 Å². The second kappa shape index (κ2) is 8.65. The highest BCUT2D eigenvalue weighted by atomic mass is 35.5. The highest BCUT2D eigenvalue weighted by Crippen LogP contribution is 2.27. The van der Waals surface area contributed by atoms with Crippen molar-refractivity contribution in [2.45, 2.75) is 6.54 Å². The number of aromatic nitrogens is 3. The monoisotopic (exact) mass is 440 g/mol. The zero-order chi connectivity index (χ0) is 21.1. The van der Waals surface area contributed by atoms with Gasteiger partial charge in [-0.25, -0.2) is 14.1 Å². The minimum Gasteiger partial charge on any atom is -0.345 e. The number of amides is 1. The Balaban J connectivity index is 1.70.